The van der Waals surface area contributed by atoms with Crippen molar-refractivity contribution in [3.05, 3.63) is 58.8 Å². The molecule has 0 aliphatic carbocycles. The molecule has 0 unspecified atom stereocenters. The van der Waals surface area contributed by atoms with Crippen molar-refractivity contribution in [3.8, 4) is 28.5 Å². The van der Waals surface area contributed by atoms with Crippen molar-refractivity contribution in [1.82, 2.24) is 9.97 Å². The maximum Gasteiger partial charge on any atom is 0.311 e. The molecule has 0 radical (unpaired) electrons. The fourth-order valence-electron chi connectivity index (χ4n) is 2.68. The van der Waals surface area contributed by atoms with Crippen LogP contribution in [0.3, 0.4) is 0 Å². The van der Waals surface area contributed by atoms with Crippen LogP contribution in [0.4, 0.5) is 17.3 Å². The minimum Gasteiger partial charge on any atom is -0.490 e. The fraction of sp³-hybridized carbons (Fsp3) is 0.111. The molecule has 4 rings (SSSR count). The van der Waals surface area contributed by atoms with Crippen molar-refractivity contribution in [1.29, 1.82) is 0 Å². The van der Waals surface area contributed by atoms with Gasteiger partial charge in [-0.05, 0) is 30.3 Å². The predicted molar refractivity (Wildman–Crippen MR) is 96.5 cm³/mol. The summed E-state index contributed by atoms with van der Waals surface area (Å²) in [6, 6.07) is 11.8. The Bertz CT molecular complexity index is 1020. The average molecular weight is 366 g/mol. The van der Waals surface area contributed by atoms with Crippen LogP contribution >= 0.6 is 0 Å². The van der Waals surface area contributed by atoms with Gasteiger partial charge in [-0.2, -0.15) is 0 Å². The number of hydrogen-bond acceptors (Lipinski definition) is 8. The van der Waals surface area contributed by atoms with E-state index in [1.807, 2.05) is 6.07 Å². The third-order valence-electron chi connectivity index (χ3n) is 3.96. The molecule has 27 heavy (non-hydrogen) atoms. The second-order valence-corrected chi connectivity index (χ2v) is 5.60. The molecule has 9 heteroatoms. The summed E-state index contributed by atoms with van der Waals surface area (Å²) in [6.07, 6.45) is 1.58. The van der Waals surface area contributed by atoms with Gasteiger partial charge in [0.25, 0.3) is 0 Å². The fourth-order valence-corrected chi connectivity index (χ4v) is 2.68. The smallest absolute Gasteiger partial charge is 0.311 e. The van der Waals surface area contributed by atoms with Gasteiger partial charge in [-0.1, -0.05) is 0 Å². The Kier molecular flexibility index (Phi) is 4.17. The topological polar surface area (TPSA) is 109 Å². The number of ether oxygens (including phenoxy) is 3. The van der Waals surface area contributed by atoms with Crippen molar-refractivity contribution < 1.29 is 19.1 Å². The lowest BCUT2D eigenvalue weighted by atomic mass is 10.1. The Labute approximate surface area is 153 Å². The van der Waals surface area contributed by atoms with Crippen LogP contribution in [-0.4, -0.2) is 28.8 Å². The third-order valence-corrected chi connectivity index (χ3v) is 3.96. The highest BCUT2D eigenvalue weighted by molar-refractivity contribution is 5.68. The Morgan fingerprint density at radius 3 is 2.81 bits per heavy atom. The maximum absolute atomic E-state index is 11.2. The Morgan fingerprint density at radius 1 is 1.15 bits per heavy atom. The van der Waals surface area contributed by atoms with E-state index in [-0.39, 0.29) is 18.2 Å². The number of methoxy groups -OCH3 is 1. The molecule has 0 atom stereocenters. The van der Waals surface area contributed by atoms with Gasteiger partial charge in [-0.15, -0.1) is 0 Å². The van der Waals surface area contributed by atoms with Crippen molar-refractivity contribution in [2.45, 2.75) is 0 Å². The van der Waals surface area contributed by atoms with Crippen LogP contribution in [0.5, 0.6) is 17.2 Å². The Balaban J connectivity index is 1.63. The SMILES string of the molecule is COc1ccc(-c2ccnc(Nc3ccc4c(c3)OCO4)n2)cc1[N+](=O)[O-]. The monoisotopic (exact) mass is 366 g/mol. The van der Waals surface area contributed by atoms with E-state index in [1.54, 1.807) is 36.5 Å². The molecule has 2 aromatic carbocycles. The van der Waals surface area contributed by atoms with Gasteiger partial charge >= 0.3 is 5.69 Å². The zero-order valence-electron chi connectivity index (χ0n) is 14.2. The molecule has 2 heterocycles. The minimum atomic E-state index is -0.491. The van der Waals surface area contributed by atoms with E-state index in [0.717, 1.165) is 5.69 Å². The van der Waals surface area contributed by atoms with Gasteiger partial charge in [0.05, 0.1) is 17.7 Å². The number of nitrogens with one attached hydrogen (secondary N) is 1. The standard InChI is InChI=1S/C18H14N4O5/c1-25-15-4-2-11(8-14(15)22(23)24)13-6-7-19-18(21-13)20-12-3-5-16-17(9-12)27-10-26-16/h2-9H,10H2,1H3,(H,19,20,21). The van der Waals surface area contributed by atoms with Crippen LogP contribution in [0, 0.1) is 10.1 Å². The zero-order chi connectivity index (χ0) is 18.8. The highest BCUT2D eigenvalue weighted by atomic mass is 16.7. The lowest BCUT2D eigenvalue weighted by Crippen LogP contribution is -1.99. The number of fused-ring (bicyclic) bond motifs is 1. The number of nitro groups is 1. The highest BCUT2D eigenvalue weighted by Gasteiger charge is 2.17. The number of hydrogen-bond donors (Lipinski definition) is 1. The normalized spacial score (nSPS) is 11.9. The van der Waals surface area contributed by atoms with Crippen molar-refractivity contribution in [3.63, 3.8) is 0 Å². The maximum atomic E-state index is 11.2. The summed E-state index contributed by atoms with van der Waals surface area (Å²) in [4.78, 5) is 19.4. The number of nitro benzene ring substituents is 1. The van der Waals surface area contributed by atoms with Gasteiger partial charge in [0.2, 0.25) is 12.7 Å². The molecule has 0 spiro atoms. The van der Waals surface area contributed by atoms with Gasteiger partial charge < -0.3 is 19.5 Å². The first kappa shape index (κ1) is 16.6. The van der Waals surface area contributed by atoms with E-state index in [1.165, 1.54) is 13.2 Å². The summed E-state index contributed by atoms with van der Waals surface area (Å²) in [5.41, 5.74) is 1.73. The van der Waals surface area contributed by atoms with Gasteiger partial charge in [0.15, 0.2) is 17.2 Å². The molecule has 1 aromatic heterocycles. The van der Waals surface area contributed by atoms with Crippen LogP contribution < -0.4 is 19.5 Å². The summed E-state index contributed by atoms with van der Waals surface area (Å²) in [6.45, 7) is 0.195. The van der Waals surface area contributed by atoms with Crippen LogP contribution in [0.25, 0.3) is 11.3 Å². The summed E-state index contributed by atoms with van der Waals surface area (Å²) >= 11 is 0. The molecule has 0 saturated heterocycles. The lowest BCUT2D eigenvalue weighted by molar-refractivity contribution is -0.385. The molecule has 1 N–H and O–H groups in total. The minimum absolute atomic E-state index is 0.126. The molecule has 9 nitrogen and oxygen atoms in total. The molecule has 3 aromatic rings. The first-order chi connectivity index (χ1) is 13.1. The van der Waals surface area contributed by atoms with E-state index in [9.17, 15) is 10.1 Å². The van der Waals surface area contributed by atoms with E-state index < -0.39 is 4.92 Å². The second-order valence-electron chi connectivity index (χ2n) is 5.60. The number of nitrogens with zero attached hydrogens (tertiary/aromatic N) is 3. The molecular weight excluding hydrogens is 352 g/mol. The van der Waals surface area contributed by atoms with Gasteiger partial charge in [0, 0.05) is 29.6 Å². The molecule has 0 bridgehead atoms. The molecule has 0 fully saturated rings. The number of anilines is 2. The molecule has 0 amide bonds. The second kappa shape index (κ2) is 6.79. The van der Waals surface area contributed by atoms with E-state index in [0.29, 0.717) is 28.7 Å². The average Bonchev–Trinajstić information content (AvgIpc) is 3.15. The van der Waals surface area contributed by atoms with Crippen LogP contribution in [0.15, 0.2) is 48.7 Å². The van der Waals surface area contributed by atoms with Crippen LogP contribution in [-0.2, 0) is 0 Å². The predicted octanol–water partition coefficient (Wildman–Crippen LogP) is 3.53. The van der Waals surface area contributed by atoms with E-state index in [2.05, 4.69) is 15.3 Å². The number of rotatable bonds is 5. The Morgan fingerprint density at radius 2 is 2.00 bits per heavy atom. The van der Waals surface area contributed by atoms with E-state index >= 15 is 0 Å². The Hall–Kier alpha value is -3.88. The summed E-state index contributed by atoms with van der Waals surface area (Å²) in [5, 5.41) is 14.3. The molecule has 0 saturated carbocycles. The van der Waals surface area contributed by atoms with Crippen molar-refractivity contribution >= 4 is 17.3 Å². The molecular formula is C18H14N4O5. The first-order valence-electron chi connectivity index (χ1n) is 7.96. The lowest BCUT2D eigenvalue weighted by Gasteiger charge is -2.08. The largest absolute Gasteiger partial charge is 0.490 e. The van der Waals surface area contributed by atoms with Crippen LogP contribution in [0.1, 0.15) is 0 Å². The van der Waals surface area contributed by atoms with Crippen molar-refractivity contribution in [2.75, 3.05) is 19.2 Å². The molecule has 1 aliphatic heterocycles. The highest BCUT2D eigenvalue weighted by Crippen LogP contribution is 2.35. The summed E-state index contributed by atoms with van der Waals surface area (Å²) in [5.74, 6) is 1.86. The van der Waals surface area contributed by atoms with Gasteiger partial charge in [0.1, 0.15) is 0 Å². The molecule has 136 valence electrons. The van der Waals surface area contributed by atoms with E-state index in [4.69, 9.17) is 14.2 Å². The summed E-state index contributed by atoms with van der Waals surface area (Å²) in [7, 11) is 1.39. The first-order valence-corrected chi connectivity index (χ1v) is 7.96. The zero-order valence-corrected chi connectivity index (χ0v) is 14.2. The quantitative estimate of drug-likeness (QED) is 0.539. The van der Waals surface area contributed by atoms with Gasteiger partial charge in [-0.25, -0.2) is 9.97 Å². The van der Waals surface area contributed by atoms with Gasteiger partial charge in [-0.3, -0.25) is 10.1 Å². The summed E-state index contributed by atoms with van der Waals surface area (Å²) < 4.78 is 15.7. The number of aromatic nitrogens is 2. The third kappa shape index (κ3) is 3.30. The number of benzene rings is 2. The van der Waals surface area contributed by atoms with Crippen LogP contribution in [0.2, 0.25) is 0 Å². The van der Waals surface area contributed by atoms with Crippen molar-refractivity contribution in [2.24, 2.45) is 0 Å². The molecule has 1 aliphatic rings.